The number of unbranched alkanes of at least 4 members (excludes halogenated alkanes) is 3. The van der Waals surface area contributed by atoms with Gasteiger partial charge in [-0.2, -0.15) is 11.8 Å². The van der Waals surface area contributed by atoms with E-state index in [0.29, 0.717) is 30.2 Å². The van der Waals surface area contributed by atoms with Crippen LogP contribution in [0.4, 0.5) is 10.5 Å². The summed E-state index contributed by atoms with van der Waals surface area (Å²) < 4.78 is 10.7. The molecule has 0 aliphatic heterocycles. The van der Waals surface area contributed by atoms with E-state index in [1.54, 1.807) is 68.8 Å². The van der Waals surface area contributed by atoms with Gasteiger partial charge in [-0.25, -0.2) is 4.79 Å². The summed E-state index contributed by atoms with van der Waals surface area (Å²) in [6.45, 7) is 9.78. The first-order valence-corrected chi connectivity index (χ1v) is 15.7. The Hall–Kier alpha value is -3.20. The predicted molar refractivity (Wildman–Crippen MR) is 168 cm³/mol. The monoisotopic (exact) mass is 585 g/mol. The third kappa shape index (κ3) is 11.3. The average Bonchev–Trinajstić information content (AvgIpc) is 2.92. The van der Waals surface area contributed by atoms with Gasteiger partial charge in [0.1, 0.15) is 23.4 Å². The molecule has 0 aliphatic rings. The van der Waals surface area contributed by atoms with Crippen molar-refractivity contribution in [3.05, 3.63) is 59.7 Å². The van der Waals surface area contributed by atoms with E-state index < -0.39 is 23.8 Å². The van der Waals surface area contributed by atoms with Gasteiger partial charge in [-0.15, -0.1) is 0 Å². The summed E-state index contributed by atoms with van der Waals surface area (Å²) in [6.07, 6.45) is 5.44. The Morgan fingerprint density at radius 2 is 1.68 bits per heavy atom. The van der Waals surface area contributed by atoms with Crippen LogP contribution < -0.4 is 15.4 Å². The van der Waals surface area contributed by atoms with Crippen molar-refractivity contribution >= 4 is 35.4 Å². The van der Waals surface area contributed by atoms with Crippen LogP contribution in [0.1, 0.15) is 77.0 Å². The summed E-state index contributed by atoms with van der Waals surface area (Å²) >= 11 is 1.59. The first-order chi connectivity index (χ1) is 19.5. The lowest BCUT2D eigenvalue weighted by atomic mass is 9.97. The van der Waals surface area contributed by atoms with Crippen molar-refractivity contribution in [2.75, 3.05) is 31.0 Å². The van der Waals surface area contributed by atoms with E-state index in [1.165, 1.54) is 0 Å². The fourth-order valence-electron chi connectivity index (χ4n) is 4.45. The zero-order valence-electron chi connectivity index (χ0n) is 25.6. The number of nitrogens with one attached hydrogen (secondary N) is 2. The highest BCUT2D eigenvalue weighted by molar-refractivity contribution is 7.98. The van der Waals surface area contributed by atoms with E-state index in [-0.39, 0.29) is 11.8 Å². The molecule has 2 aromatic rings. The summed E-state index contributed by atoms with van der Waals surface area (Å²) in [4.78, 5) is 42.8. The Morgan fingerprint density at radius 3 is 2.27 bits per heavy atom. The number of methoxy groups -OCH3 is 1. The molecule has 0 bridgehead atoms. The van der Waals surface area contributed by atoms with Gasteiger partial charge in [0.2, 0.25) is 5.91 Å². The van der Waals surface area contributed by atoms with Crippen LogP contribution in [0.25, 0.3) is 0 Å². The molecule has 2 unspecified atom stereocenters. The minimum Gasteiger partial charge on any atom is -0.497 e. The fraction of sp³-hybridized carbons (Fsp3) is 0.531. The van der Waals surface area contributed by atoms with E-state index in [4.69, 9.17) is 9.47 Å². The molecule has 0 saturated carbocycles. The maximum atomic E-state index is 14.3. The van der Waals surface area contributed by atoms with Gasteiger partial charge in [-0.3, -0.25) is 9.59 Å². The highest BCUT2D eigenvalue weighted by Gasteiger charge is 2.36. The molecule has 0 aromatic heterocycles. The second-order valence-corrected chi connectivity index (χ2v) is 12.0. The summed E-state index contributed by atoms with van der Waals surface area (Å²) in [6, 6.07) is 13.0. The lowest BCUT2D eigenvalue weighted by Gasteiger charge is -2.35. The van der Waals surface area contributed by atoms with Crippen molar-refractivity contribution in [1.29, 1.82) is 0 Å². The fourth-order valence-corrected chi connectivity index (χ4v) is 4.92. The first-order valence-electron chi connectivity index (χ1n) is 14.3. The number of carbonyl (C=O) groups is 3. The van der Waals surface area contributed by atoms with Crippen molar-refractivity contribution in [1.82, 2.24) is 10.2 Å². The number of nitrogens with zero attached hydrogens (tertiary/aromatic N) is 1. The van der Waals surface area contributed by atoms with Gasteiger partial charge >= 0.3 is 6.09 Å². The molecule has 41 heavy (non-hydrogen) atoms. The number of hydrogen-bond acceptors (Lipinski definition) is 6. The minimum atomic E-state index is -0.898. The van der Waals surface area contributed by atoms with Crippen molar-refractivity contribution in [2.24, 2.45) is 0 Å². The summed E-state index contributed by atoms with van der Waals surface area (Å²) in [5.74, 6) is 0.702. The Labute approximate surface area is 249 Å². The van der Waals surface area contributed by atoms with Gasteiger partial charge in [-0.05, 0) is 87.9 Å². The van der Waals surface area contributed by atoms with Crippen LogP contribution in [0.15, 0.2) is 48.5 Å². The lowest BCUT2D eigenvalue weighted by Crippen LogP contribution is -2.53. The Balaban J connectivity index is 2.52. The van der Waals surface area contributed by atoms with E-state index in [2.05, 4.69) is 17.6 Å². The SMILES string of the molecule is CCCCCCN(C(=O)C(CCSC)NC(=O)OC(C)(C)C)C(C(=O)Nc1ccc(OC)cc1)c1ccccc1C. The zero-order valence-corrected chi connectivity index (χ0v) is 26.4. The number of thioether (sulfide) groups is 1. The maximum Gasteiger partial charge on any atom is 0.408 e. The topological polar surface area (TPSA) is 97.0 Å². The second kappa shape index (κ2) is 16.9. The molecule has 0 aliphatic carbocycles. The molecule has 9 heteroatoms. The molecule has 0 heterocycles. The standard InChI is InChI=1S/C32H47N3O5S/c1-8-9-10-13-21-35(30(37)27(20-22-41-7)34-31(38)40-32(3,4)5)28(26-15-12-11-14-23(26)2)29(36)33-24-16-18-25(39-6)19-17-24/h11-12,14-19,27-28H,8-10,13,20-22H2,1-7H3,(H,33,36)(H,34,38). The summed E-state index contributed by atoms with van der Waals surface area (Å²) in [5.41, 5.74) is 1.52. The van der Waals surface area contributed by atoms with Crippen molar-refractivity contribution < 1.29 is 23.9 Å². The quantitative estimate of drug-likeness (QED) is 0.225. The molecule has 2 rings (SSSR count). The highest BCUT2D eigenvalue weighted by Crippen LogP contribution is 2.28. The van der Waals surface area contributed by atoms with Gasteiger partial charge in [0.15, 0.2) is 0 Å². The molecule has 8 nitrogen and oxygen atoms in total. The number of alkyl carbamates (subject to hydrolysis) is 1. The largest absolute Gasteiger partial charge is 0.497 e. The van der Waals surface area contributed by atoms with E-state index in [1.807, 2.05) is 37.4 Å². The number of rotatable bonds is 15. The van der Waals surface area contributed by atoms with Crippen LogP contribution in [-0.4, -0.2) is 60.1 Å². The average molecular weight is 586 g/mol. The third-order valence-electron chi connectivity index (χ3n) is 6.54. The smallest absolute Gasteiger partial charge is 0.408 e. The molecule has 2 N–H and O–H groups in total. The molecule has 0 radical (unpaired) electrons. The molecule has 3 amide bonds. The summed E-state index contributed by atoms with van der Waals surface area (Å²) in [5, 5.41) is 5.81. The van der Waals surface area contributed by atoms with E-state index in [0.717, 1.165) is 36.8 Å². The van der Waals surface area contributed by atoms with Crippen LogP contribution >= 0.6 is 11.8 Å². The molecule has 0 saturated heterocycles. The molecular weight excluding hydrogens is 538 g/mol. The van der Waals surface area contributed by atoms with Gasteiger partial charge in [-0.1, -0.05) is 50.5 Å². The van der Waals surface area contributed by atoms with E-state index >= 15 is 0 Å². The highest BCUT2D eigenvalue weighted by atomic mass is 32.2. The molecule has 2 atom stereocenters. The van der Waals surface area contributed by atoms with Crippen LogP contribution in [0, 0.1) is 6.92 Å². The minimum absolute atomic E-state index is 0.306. The number of hydrogen-bond donors (Lipinski definition) is 2. The first kappa shape index (κ1) is 34.0. The molecule has 2 aromatic carbocycles. The van der Waals surface area contributed by atoms with Crippen LogP contribution in [0.3, 0.4) is 0 Å². The van der Waals surface area contributed by atoms with Crippen LogP contribution in [-0.2, 0) is 14.3 Å². The third-order valence-corrected chi connectivity index (χ3v) is 7.18. The van der Waals surface area contributed by atoms with Crippen molar-refractivity contribution in [3.8, 4) is 5.75 Å². The number of carbonyl (C=O) groups excluding carboxylic acids is 3. The molecule has 0 spiro atoms. The van der Waals surface area contributed by atoms with Gasteiger partial charge in [0.05, 0.1) is 7.11 Å². The van der Waals surface area contributed by atoms with Crippen LogP contribution in [0.2, 0.25) is 0 Å². The predicted octanol–water partition coefficient (Wildman–Crippen LogP) is 6.74. The number of amides is 3. The Kier molecular flexibility index (Phi) is 14.0. The second-order valence-electron chi connectivity index (χ2n) is 11.0. The van der Waals surface area contributed by atoms with Crippen molar-refractivity contribution in [3.63, 3.8) is 0 Å². The summed E-state index contributed by atoms with van der Waals surface area (Å²) in [7, 11) is 1.59. The number of anilines is 1. The molecule has 226 valence electrons. The number of ether oxygens (including phenoxy) is 2. The Bertz CT molecular complexity index is 1120. The molecule has 0 fully saturated rings. The normalized spacial score (nSPS) is 12.7. The Morgan fingerprint density at radius 1 is 1.00 bits per heavy atom. The van der Waals surface area contributed by atoms with E-state index in [9.17, 15) is 14.4 Å². The van der Waals surface area contributed by atoms with Crippen LogP contribution in [0.5, 0.6) is 5.75 Å². The number of benzene rings is 2. The lowest BCUT2D eigenvalue weighted by molar-refractivity contribution is -0.141. The molecular formula is C32H47N3O5S. The number of aryl methyl sites for hydroxylation is 1. The van der Waals surface area contributed by atoms with Gasteiger partial charge < -0.3 is 25.0 Å². The zero-order chi connectivity index (χ0) is 30.4. The van der Waals surface area contributed by atoms with Gasteiger partial charge in [0.25, 0.3) is 5.91 Å². The van der Waals surface area contributed by atoms with Crippen molar-refractivity contribution in [2.45, 2.75) is 84.4 Å². The maximum absolute atomic E-state index is 14.3. The van der Waals surface area contributed by atoms with Gasteiger partial charge in [0, 0.05) is 12.2 Å².